The van der Waals surface area contributed by atoms with Gasteiger partial charge in [0.15, 0.2) is 0 Å². The minimum atomic E-state index is 0.920. The van der Waals surface area contributed by atoms with Gasteiger partial charge in [0.05, 0.1) is 0 Å². The third-order valence-electron chi connectivity index (χ3n) is 5.72. The van der Waals surface area contributed by atoms with Crippen LogP contribution in [0.4, 0.5) is 0 Å². The van der Waals surface area contributed by atoms with E-state index in [4.69, 9.17) is 6.42 Å². The van der Waals surface area contributed by atoms with Gasteiger partial charge in [0, 0.05) is 0 Å². The van der Waals surface area contributed by atoms with Crippen molar-refractivity contribution in [2.75, 3.05) is 0 Å². The summed E-state index contributed by atoms with van der Waals surface area (Å²) in [6.45, 7) is 15.8. The maximum Gasteiger partial charge on any atom is -0.00204 e. The van der Waals surface area contributed by atoms with Crippen LogP contribution in [0, 0.1) is 12.3 Å². The Morgan fingerprint density at radius 1 is 0.667 bits per heavy atom. The van der Waals surface area contributed by atoms with Gasteiger partial charge in [-0.2, -0.15) is 0 Å². The Balaban J connectivity index is 0.000000710. The molecule has 0 heterocycles. The molecule has 0 radical (unpaired) electrons. The lowest BCUT2D eigenvalue weighted by Gasteiger charge is -2.15. The maximum atomic E-state index is 5.34. The molecule has 36 heavy (non-hydrogen) atoms. The fourth-order valence-electron chi connectivity index (χ4n) is 4.41. The van der Waals surface area contributed by atoms with Gasteiger partial charge in [-0.15, -0.1) is 6.42 Å². The molecule has 0 aromatic heterocycles. The van der Waals surface area contributed by atoms with E-state index in [1.165, 1.54) is 48.7 Å². The van der Waals surface area contributed by atoms with Crippen molar-refractivity contribution in [3.8, 4) is 12.3 Å². The van der Waals surface area contributed by atoms with Crippen LogP contribution in [-0.2, 0) is 0 Å². The van der Waals surface area contributed by atoms with Crippen molar-refractivity contribution >= 4 is 49.2 Å². The highest BCUT2D eigenvalue weighted by Gasteiger charge is 2.13. The predicted octanol–water partition coefficient (Wildman–Crippen LogP) is 11.1. The summed E-state index contributed by atoms with van der Waals surface area (Å²) in [6, 6.07) is 24.3. The Hall–Kier alpha value is -4.08. The van der Waals surface area contributed by atoms with Crippen LogP contribution in [0.5, 0.6) is 0 Å². The van der Waals surface area contributed by atoms with Crippen LogP contribution in [0.2, 0.25) is 0 Å². The molecular weight excluding hydrogens is 432 g/mol. The number of benzene rings is 5. The Labute approximate surface area is 217 Å². The highest BCUT2D eigenvalue weighted by molar-refractivity contribution is 6.33. The van der Waals surface area contributed by atoms with Crippen molar-refractivity contribution in [2.24, 2.45) is 0 Å². The second-order valence-corrected chi connectivity index (χ2v) is 7.37. The molecule has 0 atom stereocenters. The van der Waals surface area contributed by atoms with Crippen molar-refractivity contribution < 1.29 is 0 Å². The lowest BCUT2D eigenvalue weighted by atomic mass is 9.88. The molecule has 0 saturated carbocycles. The summed E-state index contributed by atoms with van der Waals surface area (Å²) in [5, 5.41) is 10.5. The zero-order valence-corrected chi connectivity index (χ0v) is 22.6. The molecule has 5 aromatic carbocycles. The number of fused-ring (bicyclic) bond motifs is 2. The van der Waals surface area contributed by atoms with Crippen LogP contribution >= 0.6 is 0 Å². The van der Waals surface area contributed by atoms with Crippen LogP contribution in [-0.4, -0.2) is 0 Å². The molecule has 0 amide bonds. The Morgan fingerprint density at radius 3 is 1.78 bits per heavy atom. The van der Waals surface area contributed by atoms with Crippen LogP contribution in [0.1, 0.15) is 47.1 Å². The molecule has 0 bridgehead atoms. The highest BCUT2D eigenvalue weighted by Crippen LogP contribution is 2.41. The molecule has 0 unspecified atom stereocenters. The first kappa shape index (κ1) is 28.2. The van der Waals surface area contributed by atoms with E-state index >= 15 is 0 Å². The van der Waals surface area contributed by atoms with Crippen molar-refractivity contribution in [3.05, 3.63) is 115 Å². The molecule has 5 aromatic rings. The summed E-state index contributed by atoms with van der Waals surface area (Å²) in [6.07, 6.45) is 17.0. The largest absolute Gasteiger partial charge is 0.115 e. The zero-order valence-electron chi connectivity index (χ0n) is 22.6. The van der Waals surface area contributed by atoms with Crippen LogP contribution in [0.3, 0.4) is 0 Å². The van der Waals surface area contributed by atoms with Crippen molar-refractivity contribution in [2.45, 2.75) is 41.5 Å². The molecule has 0 nitrogen and oxygen atoms in total. The standard InChI is InChI=1S/C30H20.3C2H6/c1-3-10-21(4-2)11-5-6-12-22-19-20-28-26-17-8-14-23-13-7-16-25(29(23)26)27-18-9-15-24(22)30(27)28;3*1-2/h1,4-20H,2H2;3*1-2H3/b11-5+,12-6+,21-10+;;;. The molecule has 0 heteroatoms. The minimum absolute atomic E-state index is 0.920. The van der Waals surface area contributed by atoms with Gasteiger partial charge < -0.3 is 0 Å². The summed E-state index contributed by atoms with van der Waals surface area (Å²) < 4.78 is 0. The van der Waals surface area contributed by atoms with Crippen molar-refractivity contribution in [1.82, 2.24) is 0 Å². The molecule has 0 N–H and O–H groups in total. The van der Waals surface area contributed by atoms with Crippen molar-refractivity contribution in [3.63, 3.8) is 0 Å². The third kappa shape index (κ3) is 5.59. The molecule has 5 rings (SSSR count). The molecule has 0 aliphatic heterocycles. The van der Waals surface area contributed by atoms with E-state index in [1.54, 1.807) is 12.2 Å². The Bertz CT molecular complexity index is 1500. The number of allylic oxidation sites excluding steroid dienone is 6. The number of rotatable bonds is 4. The summed E-state index contributed by atoms with van der Waals surface area (Å²) >= 11 is 0. The van der Waals surface area contributed by atoms with Crippen LogP contribution in [0.25, 0.3) is 49.2 Å². The topological polar surface area (TPSA) is 0 Å². The van der Waals surface area contributed by atoms with Gasteiger partial charge >= 0.3 is 0 Å². The fraction of sp³-hybridized carbons (Fsp3) is 0.167. The number of terminal acetylenes is 1. The van der Waals surface area contributed by atoms with E-state index in [2.05, 4.69) is 91.4 Å². The first-order valence-corrected chi connectivity index (χ1v) is 13.0. The van der Waals surface area contributed by atoms with E-state index in [0.29, 0.717) is 0 Å². The average molecular weight is 471 g/mol. The highest BCUT2D eigenvalue weighted by atomic mass is 14.2. The first-order chi connectivity index (χ1) is 17.8. The molecule has 0 fully saturated rings. The maximum absolute atomic E-state index is 5.34. The smallest absolute Gasteiger partial charge is 0.00204 e. The van der Waals surface area contributed by atoms with Gasteiger partial charge in [0.25, 0.3) is 0 Å². The van der Waals surface area contributed by atoms with E-state index in [9.17, 15) is 0 Å². The Kier molecular flexibility index (Phi) is 11.2. The van der Waals surface area contributed by atoms with E-state index in [0.717, 1.165) is 5.57 Å². The van der Waals surface area contributed by atoms with Gasteiger partial charge in [-0.05, 0) is 60.3 Å². The van der Waals surface area contributed by atoms with E-state index in [1.807, 2.05) is 53.7 Å². The fourth-order valence-corrected chi connectivity index (χ4v) is 4.41. The lowest BCUT2D eigenvalue weighted by molar-refractivity contribution is 1.50. The third-order valence-corrected chi connectivity index (χ3v) is 5.72. The molecule has 0 spiro atoms. The summed E-state index contributed by atoms with van der Waals surface area (Å²) in [5.41, 5.74) is 2.12. The van der Waals surface area contributed by atoms with E-state index < -0.39 is 0 Å². The molecule has 0 saturated heterocycles. The van der Waals surface area contributed by atoms with Gasteiger partial charge in [0.2, 0.25) is 0 Å². The van der Waals surface area contributed by atoms with Gasteiger partial charge in [-0.1, -0.05) is 151 Å². The van der Waals surface area contributed by atoms with E-state index in [-0.39, 0.29) is 0 Å². The number of hydrogen-bond acceptors (Lipinski definition) is 0. The number of hydrogen-bond donors (Lipinski definition) is 0. The van der Waals surface area contributed by atoms with Gasteiger partial charge in [-0.3, -0.25) is 0 Å². The van der Waals surface area contributed by atoms with Crippen LogP contribution in [0.15, 0.2) is 109 Å². The monoisotopic (exact) mass is 470 g/mol. The quantitative estimate of drug-likeness (QED) is 0.106. The second-order valence-electron chi connectivity index (χ2n) is 7.37. The van der Waals surface area contributed by atoms with Crippen molar-refractivity contribution in [1.29, 1.82) is 0 Å². The SMILES string of the molecule is C#C/C=C(C=C)/C=C/C=C/c1ccc2c3cccc4cccc(c5cccc1c52)c43.CC.CC.CC. The minimum Gasteiger partial charge on any atom is -0.115 e. The van der Waals surface area contributed by atoms with Gasteiger partial charge in [0.1, 0.15) is 0 Å². The normalized spacial score (nSPS) is 11.1. The van der Waals surface area contributed by atoms with Crippen LogP contribution < -0.4 is 0 Å². The zero-order chi connectivity index (χ0) is 26.5. The Morgan fingerprint density at radius 2 is 1.19 bits per heavy atom. The summed E-state index contributed by atoms with van der Waals surface area (Å²) in [4.78, 5) is 0. The molecular formula is C36H38. The summed E-state index contributed by atoms with van der Waals surface area (Å²) in [5.74, 6) is 2.53. The molecule has 0 aliphatic rings. The van der Waals surface area contributed by atoms with Gasteiger partial charge in [-0.25, -0.2) is 0 Å². The molecule has 182 valence electrons. The summed E-state index contributed by atoms with van der Waals surface area (Å²) in [7, 11) is 0. The first-order valence-electron chi connectivity index (χ1n) is 13.0. The predicted molar refractivity (Wildman–Crippen MR) is 167 cm³/mol. The second kappa shape index (κ2) is 14.3. The average Bonchev–Trinajstić information content (AvgIpc) is 2.96. The molecule has 0 aliphatic carbocycles. The lowest BCUT2D eigenvalue weighted by Crippen LogP contribution is -1.88.